The summed E-state index contributed by atoms with van der Waals surface area (Å²) in [6.07, 6.45) is 5.62. The number of likely N-dealkylation sites (tertiary alicyclic amines) is 1. The van der Waals surface area contributed by atoms with Crippen LogP contribution in [-0.4, -0.2) is 48.9 Å². The van der Waals surface area contributed by atoms with Crippen LogP contribution in [0.15, 0.2) is 12.2 Å². The fourth-order valence-corrected chi connectivity index (χ4v) is 1.82. The predicted molar refractivity (Wildman–Crippen MR) is 58.1 cm³/mol. The van der Waals surface area contributed by atoms with E-state index in [2.05, 4.69) is 11.9 Å². The molecule has 1 fully saturated rings. The fourth-order valence-electron chi connectivity index (χ4n) is 1.82. The van der Waals surface area contributed by atoms with Gasteiger partial charge in [0.15, 0.2) is 0 Å². The van der Waals surface area contributed by atoms with Gasteiger partial charge in [0.05, 0.1) is 0 Å². The van der Waals surface area contributed by atoms with Crippen molar-refractivity contribution in [3.63, 3.8) is 0 Å². The molecule has 0 atom stereocenters. The molecule has 0 N–H and O–H groups in total. The molecule has 80 valence electrons. The van der Waals surface area contributed by atoms with Crippen molar-refractivity contribution in [2.24, 2.45) is 0 Å². The summed E-state index contributed by atoms with van der Waals surface area (Å²) < 4.78 is 0. The van der Waals surface area contributed by atoms with E-state index in [0.717, 1.165) is 25.9 Å². The fraction of sp³-hybridized carbons (Fsp3) is 0.727. The molecule has 3 heteroatoms. The molecular weight excluding hydrogens is 176 g/mol. The van der Waals surface area contributed by atoms with Gasteiger partial charge in [-0.25, -0.2) is 0 Å². The van der Waals surface area contributed by atoms with E-state index in [9.17, 15) is 4.79 Å². The Bertz CT molecular complexity index is 217. The molecule has 1 saturated heterocycles. The van der Waals surface area contributed by atoms with E-state index >= 15 is 0 Å². The van der Waals surface area contributed by atoms with Crippen molar-refractivity contribution in [3.05, 3.63) is 12.2 Å². The van der Waals surface area contributed by atoms with Gasteiger partial charge < -0.3 is 9.80 Å². The lowest BCUT2D eigenvalue weighted by molar-refractivity contribution is -0.127. The lowest BCUT2D eigenvalue weighted by atomic mass is 10.0. The summed E-state index contributed by atoms with van der Waals surface area (Å²) in [4.78, 5) is 15.7. The standard InChI is InChI=1S/C11H20N2O/c1-4-5-11(14)13(3)10-6-8-12(2)9-7-10/h4-5,10H,6-9H2,1-3H3. The molecule has 0 bridgehead atoms. The summed E-state index contributed by atoms with van der Waals surface area (Å²) >= 11 is 0. The predicted octanol–water partition coefficient (Wildman–Crippen LogP) is 1.12. The third-order valence-electron chi connectivity index (χ3n) is 2.89. The topological polar surface area (TPSA) is 23.6 Å². The molecule has 0 aromatic carbocycles. The van der Waals surface area contributed by atoms with Gasteiger partial charge in [-0.05, 0) is 46.0 Å². The van der Waals surface area contributed by atoms with Gasteiger partial charge in [0.1, 0.15) is 0 Å². The highest BCUT2D eigenvalue weighted by Gasteiger charge is 2.22. The van der Waals surface area contributed by atoms with E-state index < -0.39 is 0 Å². The van der Waals surface area contributed by atoms with Crippen LogP contribution in [0.1, 0.15) is 19.8 Å². The zero-order chi connectivity index (χ0) is 10.6. The largest absolute Gasteiger partial charge is 0.339 e. The molecule has 0 spiro atoms. The van der Waals surface area contributed by atoms with Gasteiger partial charge in [-0.3, -0.25) is 4.79 Å². The third-order valence-corrected chi connectivity index (χ3v) is 2.89. The molecule has 0 aromatic heterocycles. The van der Waals surface area contributed by atoms with Crippen molar-refractivity contribution in [1.29, 1.82) is 0 Å². The summed E-state index contributed by atoms with van der Waals surface area (Å²) in [6.45, 7) is 4.07. The Morgan fingerprint density at radius 1 is 1.43 bits per heavy atom. The number of hydrogen-bond donors (Lipinski definition) is 0. The minimum absolute atomic E-state index is 0.127. The Kier molecular flexibility index (Phi) is 4.14. The first-order chi connectivity index (χ1) is 6.65. The highest BCUT2D eigenvalue weighted by Crippen LogP contribution is 2.14. The molecule has 1 aliphatic rings. The second-order valence-electron chi connectivity index (χ2n) is 3.98. The van der Waals surface area contributed by atoms with Gasteiger partial charge in [0.2, 0.25) is 5.91 Å². The number of piperidine rings is 1. The summed E-state index contributed by atoms with van der Waals surface area (Å²) in [5.74, 6) is 0.127. The maximum absolute atomic E-state index is 11.5. The monoisotopic (exact) mass is 196 g/mol. The average molecular weight is 196 g/mol. The van der Waals surface area contributed by atoms with Gasteiger partial charge in [0, 0.05) is 13.1 Å². The lowest BCUT2D eigenvalue weighted by Gasteiger charge is -2.34. The van der Waals surface area contributed by atoms with Crippen LogP contribution >= 0.6 is 0 Å². The van der Waals surface area contributed by atoms with Crippen molar-refractivity contribution in [1.82, 2.24) is 9.80 Å². The van der Waals surface area contributed by atoms with Crippen LogP contribution < -0.4 is 0 Å². The number of amides is 1. The second-order valence-corrected chi connectivity index (χ2v) is 3.98. The van der Waals surface area contributed by atoms with Gasteiger partial charge in [-0.15, -0.1) is 0 Å². The van der Waals surface area contributed by atoms with Gasteiger partial charge in [0.25, 0.3) is 0 Å². The Morgan fingerprint density at radius 3 is 2.50 bits per heavy atom. The molecule has 0 radical (unpaired) electrons. The molecule has 1 rings (SSSR count). The minimum atomic E-state index is 0.127. The Balaban J connectivity index is 2.45. The molecule has 14 heavy (non-hydrogen) atoms. The number of likely N-dealkylation sites (N-methyl/N-ethyl adjacent to an activating group) is 1. The van der Waals surface area contributed by atoms with E-state index in [1.807, 2.05) is 18.9 Å². The highest BCUT2D eigenvalue weighted by atomic mass is 16.2. The summed E-state index contributed by atoms with van der Waals surface area (Å²) in [7, 11) is 4.03. The molecule has 3 nitrogen and oxygen atoms in total. The van der Waals surface area contributed by atoms with Crippen LogP contribution in [0, 0.1) is 0 Å². The summed E-state index contributed by atoms with van der Waals surface area (Å²) in [5.41, 5.74) is 0. The molecule has 1 aliphatic heterocycles. The minimum Gasteiger partial charge on any atom is -0.339 e. The Morgan fingerprint density at radius 2 is 2.00 bits per heavy atom. The van der Waals surface area contributed by atoms with Crippen molar-refractivity contribution in [3.8, 4) is 0 Å². The van der Waals surface area contributed by atoms with Gasteiger partial charge in [-0.2, -0.15) is 0 Å². The van der Waals surface area contributed by atoms with Crippen LogP contribution in [0.3, 0.4) is 0 Å². The van der Waals surface area contributed by atoms with E-state index in [1.54, 1.807) is 12.2 Å². The quantitative estimate of drug-likeness (QED) is 0.618. The zero-order valence-electron chi connectivity index (χ0n) is 9.36. The first kappa shape index (κ1) is 11.2. The number of nitrogens with zero attached hydrogens (tertiary/aromatic N) is 2. The van der Waals surface area contributed by atoms with Crippen molar-refractivity contribution < 1.29 is 4.79 Å². The van der Waals surface area contributed by atoms with Crippen molar-refractivity contribution in [2.45, 2.75) is 25.8 Å². The first-order valence-electron chi connectivity index (χ1n) is 5.23. The number of carbonyl (C=O) groups excluding carboxylic acids is 1. The maximum Gasteiger partial charge on any atom is 0.246 e. The summed E-state index contributed by atoms with van der Waals surface area (Å²) in [6, 6.07) is 0.426. The van der Waals surface area contributed by atoms with E-state index in [0.29, 0.717) is 6.04 Å². The van der Waals surface area contributed by atoms with Gasteiger partial charge in [-0.1, -0.05) is 6.08 Å². The number of rotatable bonds is 2. The van der Waals surface area contributed by atoms with Crippen LogP contribution in [0.4, 0.5) is 0 Å². The first-order valence-corrected chi connectivity index (χ1v) is 5.23. The Hall–Kier alpha value is -0.830. The van der Waals surface area contributed by atoms with Crippen LogP contribution in [0.2, 0.25) is 0 Å². The smallest absolute Gasteiger partial charge is 0.246 e. The van der Waals surface area contributed by atoms with Crippen LogP contribution in [-0.2, 0) is 4.79 Å². The third kappa shape index (κ3) is 2.84. The van der Waals surface area contributed by atoms with Crippen molar-refractivity contribution in [2.75, 3.05) is 27.2 Å². The molecule has 0 aromatic rings. The van der Waals surface area contributed by atoms with E-state index in [4.69, 9.17) is 0 Å². The van der Waals surface area contributed by atoms with E-state index in [-0.39, 0.29) is 5.91 Å². The molecule has 0 aliphatic carbocycles. The maximum atomic E-state index is 11.5. The molecule has 1 amide bonds. The average Bonchev–Trinajstić information content (AvgIpc) is 2.18. The zero-order valence-corrected chi connectivity index (χ0v) is 9.36. The van der Waals surface area contributed by atoms with Crippen LogP contribution in [0.5, 0.6) is 0 Å². The Labute approximate surface area is 86.4 Å². The van der Waals surface area contributed by atoms with Crippen molar-refractivity contribution >= 4 is 5.91 Å². The van der Waals surface area contributed by atoms with Gasteiger partial charge >= 0.3 is 0 Å². The molecule has 0 saturated carbocycles. The summed E-state index contributed by atoms with van der Waals surface area (Å²) in [5, 5.41) is 0. The SMILES string of the molecule is CC=CC(=O)N(C)C1CCN(C)CC1. The second kappa shape index (κ2) is 5.15. The lowest BCUT2D eigenvalue weighted by Crippen LogP contribution is -2.43. The normalized spacial score (nSPS) is 20.2. The number of hydrogen-bond acceptors (Lipinski definition) is 2. The number of carbonyl (C=O) groups is 1. The molecular formula is C11H20N2O. The highest BCUT2D eigenvalue weighted by molar-refractivity contribution is 5.87. The van der Waals surface area contributed by atoms with E-state index in [1.165, 1.54) is 0 Å². The number of allylic oxidation sites excluding steroid dienone is 1. The molecule has 0 unspecified atom stereocenters. The molecule has 1 heterocycles. The van der Waals surface area contributed by atoms with Crippen LogP contribution in [0.25, 0.3) is 0 Å².